The number of rotatable bonds is 4. The molecule has 5 heteroatoms. The molecule has 0 aromatic heterocycles. The fraction of sp³-hybridized carbons (Fsp3) is 0.538. The predicted octanol–water partition coefficient (Wildman–Crippen LogP) is 2.90. The lowest BCUT2D eigenvalue weighted by Gasteiger charge is -2.34. The van der Waals surface area contributed by atoms with E-state index in [4.69, 9.17) is 21.1 Å². The summed E-state index contributed by atoms with van der Waals surface area (Å²) >= 11 is 9.48. The van der Waals surface area contributed by atoms with Gasteiger partial charge in [0, 0.05) is 25.0 Å². The van der Waals surface area contributed by atoms with E-state index < -0.39 is 0 Å². The Balaban J connectivity index is 2.05. The molecule has 2 rings (SSSR count). The van der Waals surface area contributed by atoms with Crippen LogP contribution in [0.5, 0.6) is 5.75 Å². The molecule has 0 bridgehead atoms. The summed E-state index contributed by atoms with van der Waals surface area (Å²) in [6.45, 7) is 3.33. The van der Waals surface area contributed by atoms with Crippen LogP contribution < -0.4 is 4.74 Å². The maximum atomic E-state index is 5.97. The van der Waals surface area contributed by atoms with Crippen molar-refractivity contribution in [1.29, 1.82) is 0 Å². The van der Waals surface area contributed by atoms with Gasteiger partial charge in [-0.1, -0.05) is 6.07 Å². The number of hydrogen-bond acceptors (Lipinski definition) is 3. The van der Waals surface area contributed by atoms with Gasteiger partial charge >= 0.3 is 0 Å². The van der Waals surface area contributed by atoms with Crippen molar-refractivity contribution in [3.8, 4) is 5.75 Å². The number of halogens is 2. The summed E-state index contributed by atoms with van der Waals surface area (Å²) in [6, 6.07) is 6.47. The molecule has 0 radical (unpaired) electrons. The van der Waals surface area contributed by atoms with E-state index in [0.717, 1.165) is 36.5 Å². The summed E-state index contributed by atoms with van der Waals surface area (Å²) in [4.78, 5) is 2.37. The van der Waals surface area contributed by atoms with Crippen molar-refractivity contribution in [2.24, 2.45) is 0 Å². The number of methoxy groups -OCH3 is 1. The first-order valence-corrected chi connectivity index (χ1v) is 7.27. The fourth-order valence-electron chi connectivity index (χ4n) is 2.08. The first kappa shape index (κ1) is 14.1. The second-order valence-corrected chi connectivity index (χ2v) is 5.49. The number of hydrogen-bond donors (Lipinski definition) is 0. The predicted molar refractivity (Wildman–Crippen MR) is 76.4 cm³/mol. The third-order valence-electron chi connectivity index (χ3n) is 3.13. The van der Waals surface area contributed by atoms with Gasteiger partial charge in [-0.2, -0.15) is 0 Å². The molecule has 1 unspecified atom stereocenters. The van der Waals surface area contributed by atoms with E-state index in [2.05, 4.69) is 33.0 Å². The normalized spacial score (nSPS) is 20.9. The first-order chi connectivity index (χ1) is 8.74. The lowest BCUT2D eigenvalue weighted by molar-refractivity contribution is -0.00305. The Kier molecular flexibility index (Phi) is 5.30. The van der Waals surface area contributed by atoms with E-state index in [-0.39, 0.29) is 0 Å². The molecule has 0 N–H and O–H groups in total. The molecule has 0 aliphatic carbocycles. The van der Waals surface area contributed by atoms with Gasteiger partial charge in [-0.05, 0) is 33.6 Å². The van der Waals surface area contributed by atoms with Gasteiger partial charge in [-0.15, -0.1) is 11.6 Å². The van der Waals surface area contributed by atoms with Crippen LogP contribution in [-0.4, -0.2) is 43.7 Å². The second-order valence-electron chi connectivity index (χ2n) is 4.32. The minimum absolute atomic E-state index is 0.307. The first-order valence-electron chi connectivity index (χ1n) is 5.94. The molecule has 1 aliphatic heterocycles. The zero-order valence-electron chi connectivity index (χ0n) is 10.4. The highest BCUT2D eigenvalue weighted by molar-refractivity contribution is 9.10. The van der Waals surface area contributed by atoms with Gasteiger partial charge in [-0.25, -0.2) is 0 Å². The lowest BCUT2D eigenvalue weighted by atomic mass is 10.1. The molecule has 3 nitrogen and oxygen atoms in total. The summed E-state index contributed by atoms with van der Waals surface area (Å²) in [7, 11) is 1.67. The summed E-state index contributed by atoms with van der Waals surface area (Å²) in [5.74, 6) is 1.46. The average Bonchev–Trinajstić information content (AvgIpc) is 2.39. The van der Waals surface area contributed by atoms with Crippen LogP contribution >= 0.6 is 27.5 Å². The Morgan fingerprint density at radius 3 is 3.06 bits per heavy atom. The van der Waals surface area contributed by atoms with E-state index in [1.165, 1.54) is 5.56 Å². The Labute approximate surface area is 121 Å². The maximum Gasteiger partial charge on any atom is 0.133 e. The van der Waals surface area contributed by atoms with Gasteiger partial charge in [0.2, 0.25) is 0 Å². The minimum atomic E-state index is 0.307. The van der Waals surface area contributed by atoms with E-state index in [1.807, 2.05) is 6.07 Å². The van der Waals surface area contributed by atoms with Gasteiger partial charge in [0.15, 0.2) is 0 Å². The summed E-state index contributed by atoms with van der Waals surface area (Å²) in [5.41, 5.74) is 1.25. The zero-order chi connectivity index (χ0) is 13.0. The second kappa shape index (κ2) is 6.75. The Bertz CT molecular complexity index is 403. The smallest absolute Gasteiger partial charge is 0.133 e. The summed E-state index contributed by atoms with van der Waals surface area (Å²) in [5, 5.41) is 0. The Morgan fingerprint density at radius 2 is 2.39 bits per heavy atom. The monoisotopic (exact) mass is 333 g/mol. The number of alkyl halides is 1. The summed E-state index contributed by atoms with van der Waals surface area (Å²) in [6.07, 6.45) is 0. The molecular weight excluding hydrogens is 318 g/mol. The van der Waals surface area contributed by atoms with Crippen LogP contribution in [0.2, 0.25) is 0 Å². The third-order valence-corrected chi connectivity index (χ3v) is 4.11. The maximum absolute atomic E-state index is 5.97. The highest BCUT2D eigenvalue weighted by Crippen LogP contribution is 2.26. The van der Waals surface area contributed by atoms with Crippen LogP contribution in [0.3, 0.4) is 0 Å². The van der Waals surface area contributed by atoms with Crippen molar-refractivity contribution in [3.63, 3.8) is 0 Å². The molecule has 0 amide bonds. The van der Waals surface area contributed by atoms with Crippen molar-refractivity contribution in [1.82, 2.24) is 4.90 Å². The van der Waals surface area contributed by atoms with Crippen molar-refractivity contribution in [3.05, 3.63) is 28.2 Å². The van der Waals surface area contributed by atoms with Crippen LogP contribution in [0.4, 0.5) is 0 Å². The SMILES string of the molecule is COc1ccc(CN2CCOCC2CCl)cc1Br. The zero-order valence-corrected chi connectivity index (χ0v) is 12.7. The Morgan fingerprint density at radius 1 is 1.56 bits per heavy atom. The van der Waals surface area contributed by atoms with E-state index in [0.29, 0.717) is 11.9 Å². The van der Waals surface area contributed by atoms with Gasteiger partial charge < -0.3 is 9.47 Å². The number of benzene rings is 1. The van der Waals surface area contributed by atoms with E-state index in [9.17, 15) is 0 Å². The molecular formula is C13H17BrClNO2. The van der Waals surface area contributed by atoms with Gasteiger partial charge in [-0.3, -0.25) is 4.90 Å². The fourth-order valence-corrected chi connectivity index (χ4v) is 2.95. The number of morpholine rings is 1. The van der Waals surface area contributed by atoms with Crippen LogP contribution in [0.25, 0.3) is 0 Å². The molecule has 100 valence electrons. The van der Waals surface area contributed by atoms with Crippen molar-refractivity contribution >= 4 is 27.5 Å². The van der Waals surface area contributed by atoms with Gasteiger partial charge in [0.1, 0.15) is 5.75 Å². The van der Waals surface area contributed by atoms with Crippen molar-refractivity contribution in [2.45, 2.75) is 12.6 Å². The van der Waals surface area contributed by atoms with Crippen LogP contribution in [0, 0.1) is 0 Å². The van der Waals surface area contributed by atoms with E-state index >= 15 is 0 Å². The molecule has 1 fully saturated rings. The molecule has 1 heterocycles. The van der Waals surface area contributed by atoms with Crippen LogP contribution in [0.1, 0.15) is 5.56 Å². The Hall–Kier alpha value is -0.290. The molecule has 0 saturated carbocycles. The highest BCUT2D eigenvalue weighted by atomic mass is 79.9. The number of nitrogens with zero attached hydrogens (tertiary/aromatic N) is 1. The molecule has 1 saturated heterocycles. The van der Waals surface area contributed by atoms with Crippen molar-refractivity contribution in [2.75, 3.05) is 32.7 Å². The lowest BCUT2D eigenvalue weighted by Crippen LogP contribution is -2.45. The molecule has 1 aromatic carbocycles. The average molecular weight is 335 g/mol. The van der Waals surface area contributed by atoms with Crippen molar-refractivity contribution < 1.29 is 9.47 Å². The molecule has 1 atom stereocenters. The minimum Gasteiger partial charge on any atom is -0.496 e. The largest absolute Gasteiger partial charge is 0.496 e. The third kappa shape index (κ3) is 3.38. The quantitative estimate of drug-likeness (QED) is 0.790. The van der Waals surface area contributed by atoms with E-state index in [1.54, 1.807) is 7.11 Å². The van der Waals surface area contributed by atoms with Gasteiger partial charge in [0.05, 0.1) is 24.8 Å². The van der Waals surface area contributed by atoms with Crippen LogP contribution in [0.15, 0.2) is 22.7 Å². The molecule has 0 spiro atoms. The standard InChI is InChI=1S/C13H17BrClNO2/c1-17-13-3-2-10(6-12(13)14)8-16-4-5-18-9-11(16)7-15/h2-3,6,11H,4-5,7-9H2,1H3. The van der Waals surface area contributed by atoms with Crippen LogP contribution in [-0.2, 0) is 11.3 Å². The highest BCUT2D eigenvalue weighted by Gasteiger charge is 2.22. The molecule has 1 aliphatic rings. The summed E-state index contributed by atoms with van der Waals surface area (Å²) < 4.78 is 11.7. The number of ether oxygens (including phenoxy) is 2. The topological polar surface area (TPSA) is 21.7 Å². The van der Waals surface area contributed by atoms with Gasteiger partial charge in [0.25, 0.3) is 0 Å². The molecule has 18 heavy (non-hydrogen) atoms. The molecule has 1 aromatic rings.